The van der Waals surface area contributed by atoms with Gasteiger partial charge in [-0.25, -0.2) is 0 Å². The molecule has 0 aliphatic rings. The first-order valence-electron chi connectivity index (χ1n) is 3.63. The van der Waals surface area contributed by atoms with E-state index in [1.54, 1.807) is 0 Å². The van der Waals surface area contributed by atoms with Crippen LogP contribution in [0.25, 0.3) is 0 Å². The van der Waals surface area contributed by atoms with Gasteiger partial charge in [-0.05, 0) is 12.5 Å². The second-order valence-corrected chi connectivity index (χ2v) is 4.06. The minimum atomic E-state index is -4.18. The molecule has 5 nitrogen and oxygen atoms in total. The molecule has 13 heavy (non-hydrogen) atoms. The maximum atomic E-state index is 11.0. The highest BCUT2D eigenvalue weighted by molar-refractivity contribution is 7.85. The smallest absolute Gasteiger partial charge is 0.265 e. The lowest BCUT2D eigenvalue weighted by molar-refractivity contribution is -0.118. The highest BCUT2D eigenvalue weighted by Gasteiger charge is 2.21. The Hall–Kier alpha value is -0.720. The van der Waals surface area contributed by atoms with Crippen molar-refractivity contribution in [1.82, 2.24) is 0 Å². The predicted molar refractivity (Wildman–Crippen MR) is 46.8 cm³/mol. The van der Waals surface area contributed by atoms with Crippen molar-refractivity contribution in [1.29, 1.82) is 0 Å². The quantitative estimate of drug-likeness (QED) is 0.459. The molecule has 0 radical (unpaired) electrons. The third kappa shape index (κ3) is 5.51. The van der Waals surface area contributed by atoms with Gasteiger partial charge in [-0.1, -0.05) is 6.58 Å². The van der Waals surface area contributed by atoms with Crippen LogP contribution >= 0.6 is 0 Å². The van der Waals surface area contributed by atoms with E-state index < -0.39 is 27.6 Å². The van der Waals surface area contributed by atoms with Gasteiger partial charge in [-0.3, -0.25) is 9.35 Å². The fourth-order valence-corrected chi connectivity index (χ4v) is 1.72. The molecule has 0 rings (SSSR count). The highest BCUT2D eigenvalue weighted by Crippen LogP contribution is 2.07. The molecule has 0 aliphatic carbocycles. The Morgan fingerprint density at radius 3 is 2.38 bits per heavy atom. The Bertz CT molecular complexity index is 279. The van der Waals surface area contributed by atoms with Crippen molar-refractivity contribution >= 4 is 15.9 Å². The second-order valence-electron chi connectivity index (χ2n) is 2.56. The van der Waals surface area contributed by atoms with Crippen molar-refractivity contribution in [2.45, 2.75) is 6.42 Å². The van der Waals surface area contributed by atoms with Crippen molar-refractivity contribution < 1.29 is 22.9 Å². The van der Waals surface area contributed by atoms with Crippen LogP contribution in [-0.2, 0) is 14.9 Å². The molecule has 0 spiro atoms. The van der Waals surface area contributed by atoms with E-state index in [0.29, 0.717) is 0 Å². The van der Waals surface area contributed by atoms with Crippen LogP contribution in [0.3, 0.4) is 0 Å². The molecule has 2 N–H and O–H groups in total. The van der Waals surface area contributed by atoms with Gasteiger partial charge in [0.2, 0.25) is 0 Å². The Morgan fingerprint density at radius 2 is 2.08 bits per heavy atom. The summed E-state index contributed by atoms with van der Waals surface area (Å²) in [6, 6.07) is 0. The molecule has 1 atom stereocenters. The maximum absolute atomic E-state index is 11.0. The number of rotatable bonds is 6. The summed E-state index contributed by atoms with van der Waals surface area (Å²) in [4.78, 5) is 11.0. The van der Waals surface area contributed by atoms with Gasteiger partial charge >= 0.3 is 0 Å². The molecular weight excluding hydrogens is 196 g/mol. The summed E-state index contributed by atoms with van der Waals surface area (Å²) >= 11 is 0. The molecule has 1 unspecified atom stereocenters. The Balaban J connectivity index is 4.43. The molecular formula is C7H12O5S. The summed E-state index contributed by atoms with van der Waals surface area (Å²) in [5, 5.41) is 8.51. The molecule has 0 heterocycles. The van der Waals surface area contributed by atoms with Crippen LogP contribution in [0.2, 0.25) is 0 Å². The highest BCUT2D eigenvalue weighted by atomic mass is 32.2. The topological polar surface area (TPSA) is 91.7 Å². The van der Waals surface area contributed by atoms with E-state index in [2.05, 4.69) is 6.58 Å². The lowest BCUT2D eigenvalue weighted by Crippen LogP contribution is -2.23. The molecule has 0 aliphatic heterocycles. The van der Waals surface area contributed by atoms with Crippen molar-refractivity contribution in [3.8, 4) is 0 Å². The lowest BCUT2D eigenvalue weighted by atomic mass is 10.0. The predicted octanol–water partition coefficient (Wildman–Crippen LogP) is -0.372. The molecule has 0 aromatic heterocycles. The fraction of sp³-hybridized carbons (Fsp3) is 0.571. The van der Waals surface area contributed by atoms with Crippen molar-refractivity contribution in [2.75, 3.05) is 12.4 Å². The summed E-state index contributed by atoms with van der Waals surface area (Å²) < 4.78 is 29.3. The van der Waals surface area contributed by atoms with Gasteiger partial charge in [0.15, 0.2) is 5.78 Å². The molecule has 0 fully saturated rings. The van der Waals surface area contributed by atoms with Crippen LogP contribution in [0.4, 0.5) is 0 Å². The summed E-state index contributed by atoms with van der Waals surface area (Å²) in [5.41, 5.74) is 0. The number of aliphatic hydroxyl groups is 1. The molecule has 0 aromatic rings. The summed E-state index contributed by atoms with van der Waals surface area (Å²) in [5.74, 6) is -2.07. The first kappa shape index (κ1) is 12.3. The second kappa shape index (κ2) is 5.11. The average Bonchev–Trinajstić information content (AvgIpc) is 2.00. The minimum Gasteiger partial charge on any atom is -0.396 e. The van der Waals surface area contributed by atoms with E-state index >= 15 is 0 Å². The Morgan fingerprint density at radius 1 is 1.54 bits per heavy atom. The summed E-state index contributed by atoms with van der Waals surface area (Å²) in [6.45, 7) is 2.88. The molecule has 6 heteroatoms. The number of aliphatic hydroxyl groups excluding tert-OH is 1. The van der Waals surface area contributed by atoms with E-state index in [1.165, 1.54) is 0 Å². The van der Waals surface area contributed by atoms with Gasteiger partial charge in [0.25, 0.3) is 10.1 Å². The zero-order chi connectivity index (χ0) is 10.5. The van der Waals surface area contributed by atoms with Crippen molar-refractivity contribution in [3.63, 3.8) is 0 Å². The minimum absolute atomic E-state index is 0.00461. The maximum Gasteiger partial charge on any atom is 0.265 e. The number of carbonyl (C=O) groups is 1. The molecule has 0 saturated carbocycles. The van der Waals surface area contributed by atoms with Crippen LogP contribution in [-0.4, -0.2) is 36.2 Å². The zero-order valence-corrected chi connectivity index (χ0v) is 7.83. The van der Waals surface area contributed by atoms with E-state index in [9.17, 15) is 13.2 Å². The van der Waals surface area contributed by atoms with Gasteiger partial charge in [0.1, 0.15) is 0 Å². The summed E-state index contributed by atoms with van der Waals surface area (Å²) in [6.07, 6.45) is 0.982. The van der Waals surface area contributed by atoms with Crippen molar-refractivity contribution in [3.05, 3.63) is 12.7 Å². The zero-order valence-electron chi connectivity index (χ0n) is 7.01. The van der Waals surface area contributed by atoms with E-state index in [4.69, 9.17) is 9.66 Å². The van der Waals surface area contributed by atoms with Gasteiger partial charge < -0.3 is 5.11 Å². The lowest BCUT2D eigenvalue weighted by Gasteiger charge is -2.09. The molecule has 76 valence electrons. The average molecular weight is 208 g/mol. The van der Waals surface area contributed by atoms with Crippen LogP contribution in [0.15, 0.2) is 12.7 Å². The Kier molecular flexibility index (Phi) is 4.82. The van der Waals surface area contributed by atoms with Crippen LogP contribution < -0.4 is 0 Å². The Labute approximate surface area is 76.8 Å². The molecule has 0 amide bonds. The number of hydrogen-bond acceptors (Lipinski definition) is 4. The SMILES string of the molecule is C=CC(=O)C(CCO)CS(=O)(=O)O. The largest absolute Gasteiger partial charge is 0.396 e. The number of ketones is 1. The molecule has 0 bridgehead atoms. The normalized spacial score (nSPS) is 13.7. The third-order valence-electron chi connectivity index (χ3n) is 1.49. The first-order chi connectivity index (χ1) is 5.90. The van der Waals surface area contributed by atoms with E-state index in [0.717, 1.165) is 6.08 Å². The summed E-state index contributed by atoms with van der Waals surface area (Å²) in [7, 11) is -4.18. The van der Waals surface area contributed by atoms with Crippen LogP contribution in [0.1, 0.15) is 6.42 Å². The number of allylic oxidation sites excluding steroid dienone is 1. The monoisotopic (exact) mass is 208 g/mol. The van der Waals surface area contributed by atoms with Gasteiger partial charge in [-0.15, -0.1) is 0 Å². The first-order valence-corrected chi connectivity index (χ1v) is 5.24. The molecule has 0 aromatic carbocycles. The molecule has 0 saturated heterocycles. The standard InChI is InChI=1S/C7H12O5S/c1-2-7(9)6(3-4-8)5-13(10,11)12/h2,6,8H,1,3-5H2,(H,10,11,12). The fourth-order valence-electron chi connectivity index (χ4n) is 0.884. The van der Waals surface area contributed by atoms with Crippen LogP contribution in [0, 0.1) is 5.92 Å². The van der Waals surface area contributed by atoms with Crippen molar-refractivity contribution in [2.24, 2.45) is 5.92 Å². The third-order valence-corrected chi connectivity index (χ3v) is 2.32. The van der Waals surface area contributed by atoms with Gasteiger partial charge in [0.05, 0.1) is 5.75 Å². The van der Waals surface area contributed by atoms with Gasteiger partial charge in [-0.2, -0.15) is 8.42 Å². The number of hydrogen-bond donors (Lipinski definition) is 2. The van der Waals surface area contributed by atoms with E-state index in [1.807, 2.05) is 0 Å². The van der Waals surface area contributed by atoms with Gasteiger partial charge in [0, 0.05) is 12.5 Å². The number of carbonyl (C=O) groups excluding carboxylic acids is 1. The van der Waals surface area contributed by atoms with E-state index in [-0.39, 0.29) is 13.0 Å². The van der Waals surface area contributed by atoms with Crippen LogP contribution in [0.5, 0.6) is 0 Å².